The Hall–Kier alpha value is -2.29. The van der Waals surface area contributed by atoms with Gasteiger partial charge in [-0.2, -0.15) is 0 Å². The van der Waals surface area contributed by atoms with Crippen LogP contribution < -0.4 is 5.32 Å². The zero-order valence-corrected chi connectivity index (χ0v) is 9.13. The summed E-state index contributed by atoms with van der Waals surface area (Å²) in [4.78, 5) is 11.7. The second-order valence-electron chi connectivity index (χ2n) is 3.58. The fourth-order valence-electron chi connectivity index (χ4n) is 1.39. The van der Waals surface area contributed by atoms with Crippen molar-refractivity contribution in [1.82, 2.24) is 5.32 Å². The molecule has 0 bridgehead atoms. The smallest absolute Gasteiger partial charge is 0.251 e. The van der Waals surface area contributed by atoms with Gasteiger partial charge in [0.2, 0.25) is 0 Å². The Morgan fingerprint density at radius 2 is 1.65 bits per heavy atom. The summed E-state index contributed by atoms with van der Waals surface area (Å²) in [5, 5.41) is 11.8. The van der Waals surface area contributed by atoms with Crippen LogP contribution in [-0.2, 0) is 0 Å². The molecule has 0 spiro atoms. The average Bonchev–Trinajstić information content (AvgIpc) is 2.39. The Labute approximate surface area is 99.7 Å². The molecule has 0 aromatic heterocycles. The molecule has 17 heavy (non-hydrogen) atoms. The minimum atomic E-state index is -0.154. The van der Waals surface area contributed by atoms with Crippen molar-refractivity contribution in [1.29, 1.82) is 0 Å². The number of benzene rings is 2. The second kappa shape index (κ2) is 5.16. The zero-order chi connectivity index (χ0) is 12.1. The number of phenols is 1. The topological polar surface area (TPSA) is 49.3 Å². The molecule has 0 atom stereocenters. The Bertz CT molecular complexity index is 491. The molecule has 0 aliphatic rings. The highest BCUT2D eigenvalue weighted by atomic mass is 16.3. The van der Waals surface area contributed by atoms with Crippen molar-refractivity contribution in [3.8, 4) is 5.75 Å². The number of carbonyl (C=O) groups excluding carboxylic acids is 1. The standard InChI is InChI=1S/C14H12NO2/c16-13-8-6-11(7-9-13)10-15-14(17)12-4-2-1-3-5-12/h1-10,16H,(H,15,17). The molecule has 0 saturated heterocycles. The van der Waals surface area contributed by atoms with Crippen LogP contribution in [0.2, 0.25) is 0 Å². The van der Waals surface area contributed by atoms with Crippen molar-refractivity contribution in [2.75, 3.05) is 0 Å². The van der Waals surface area contributed by atoms with E-state index in [2.05, 4.69) is 5.32 Å². The Morgan fingerprint density at radius 1 is 1.00 bits per heavy atom. The van der Waals surface area contributed by atoms with Gasteiger partial charge < -0.3 is 10.4 Å². The summed E-state index contributed by atoms with van der Waals surface area (Å²) in [7, 11) is 0. The summed E-state index contributed by atoms with van der Waals surface area (Å²) < 4.78 is 0. The quantitative estimate of drug-likeness (QED) is 0.843. The molecule has 0 fully saturated rings. The molecule has 2 rings (SSSR count). The number of carbonyl (C=O) groups is 1. The van der Waals surface area contributed by atoms with Gasteiger partial charge in [-0.15, -0.1) is 0 Å². The van der Waals surface area contributed by atoms with Crippen LogP contribution in [0.15, 0.2) is 54.6 Å². The van der Waals surface area contributed by atoms with E-state index in [1.54, 1.807) is 42.9 Å². The van der Waals surface area contributed by atoms with Gasteiger partial charge >= 0.3 is 0 Å². The van der Waals surface area contributed by atoms with Gasteiger partial charge in [0.15, 0.2) is 0 Å². The van der Waals surface area contributed by atoms with E-state index < -0.39 is 0 Å². The van der Waals surface area contributed by atoms with Gasteiger partial charge in [0.1, 0.15) is 5.75 Å². The SMILES string of the molecule is O=C(N[CH]c1ccc(O)cc1)c1ccccc1. The largest absolute Gasteiger partial charge is 0.508 e. The lowest BCUT2D eigenvalue weighted by Gasteiger charge is -2.04. The number of hydrogen-bond acceptors (Lipinski definition) is 2. The zero-order valence-electron chi connectivity index (χ0n) is 9.13. The molecule has 0 aliphatic heterocycles. The second-order valence-corrected chi connectivity index (χ2v) is 3.58. The third kappa shape index (κ3) is 3.08. The maximum Gasteiger partial charge on any atom is 0.251 e. The van der Waals surface area contributed by atoms with E-state index in [0.29, 0.717) is 5.56 Å². The summed E-state index contributed by atoms with van der Waals surface area (Å²) in [6.07, 6.45) is 0. The number of hydrogen-bond donors (Lipinski definition) is 2. The maximum absolute atomic E-state index is 11.7. The molecule has 2 N–H and O–H groups in total. The van der Waals surface area contributed by atoms with Crippen molar-refractivity contribution < 1.29 is 9.90 Å². The molecule has 2 aromatic rings. The van der Waals surface area contributed by atoms with Gasteiger partial charge in [-0.3, -0.25) is 4.79 Å². The molecular formula is C14H12NO2. The van der Waals surface area contributed by atoms with Crippen molar-refractivity contribution in [3.05, 3.63) is 72.3 Å². The van der Waals surface area contributed by atoms with Crippen LogP contribution in [0.3, 0.4) is 0 Å². The van der Waals surface area contributed by atoms with E-state index in [4.69, 9.17) is 5.11 Å². The number of amides is 1. The molecule has 3 nitrogen and oxygen atoms in total. The fraction of sp³-hybridized carbons (Fsp3) is 0. The lowest BCUT2D eigenvalue weighted by atomic mass is 10.2. The van der Waals surface area contributed by atoms with E-state index in [-0.39, 0.29) is 11.7 Å². The van der Waals surface area contributed by atoms with E-state index in [0.717, 1.165) is 5.56 Å². The molecule has 1 amide bonds. The van der Waals surface area contributed by atoms with E-state index in [9.17, 15) is 4.79 Å². The van der Waals surface area contributed by atoms with Crippen LogP contribution in [0, 0.1) is 6.54 Å². The Kier molecular flexibility index (Phi) is 3.40. The Balaban J connectivity index is 1.95. The van der Waals surface area contributed by atoms with Gasteiger partial charge in [-0.25, -0.2) is 0 Å². The normalized spacial score (nSPS) is 9.88. The molecule has 2 aromatic carbocycles. The summed E-state index contributed by atoms with van der Waals surface area (Å²) in [6, 6.07) is 15.6. The summed E-state index contributed by atoms with van der Waals surface area (Å²) in [6.45, 7) is 1.61. The first-order chi connectivity index (χ1) is 8.25. The molecular weight excluding hydrogens is 214 g/mol. The first kappa shape index (κ1) is 11.2. The molecule has 0 unspecified atom stereocenters. The molecule has 0 heterocycles. The van der Waals surface area contributed by atoms with Crippen LogP contribution in [0.1, 0.15) is 15.9 Å². The van der Waals surface area contributed by atoms with Gasteiger partial charge in [0.25, 0.3) is 5.91 Å². The first-order valence-corrected chi connectivity index (χ1v) is 5.24. The van der Waals surface area contributed by atoms with Crippen LogP contribution in [0.25, 0.3) is 0 Å². The highest BCUT2D eigenvalue weighted by molar-refractivity contribution is 5.94. The van der Waals surface area contributed by atoms with Crippen molar-refractivity contribution in [3.63, 3.8) is 0 Å². The molecule has 0 saturated carbocycles. The highest BCUT2D eigenvalue weighted by Gasteiger charge is 2.03. The molecule has 85 valence electrons. The lowest BCUT2D eigenvalue weighted by molar-refractivity contribution is 0.0965. The molecule has 1 radical (unpaired) electrons. The number of phenolic OH excluding ortho intramolecular Hbond substituents is 1. The number of aromatic hydroxyl groups is 1. The predicted octanol–water partition coefficient (Wildman–Crippen LogP) is 2.33. The van der Waals surface area contributed by atoms with E-state index in [1.807, 2.05) is 18.2 Å². The minimum Gasteiger partial charge on any atom is -0.508 e. The fourth-order valence-corrected chi connectivity index (χ4v) is 1.39. The Morgan fingerprint density at radius 3 is 2.29 bits per heavy atom. The first-order valence-electron chi connectivity index (χ1n) is 5.24. The predicted molar refractivity (Wildman–Crippen MR) is 65.4 cm³/mol. The monoisotopic (exact) mass is 226 g/mol. The van der Waals surface area contributed by atoms with E-state index in [1.165, 1.54) is 0 Å². The van der Waals surface area contributed by atoms with Gasteiger partial charge in [-0.1, -0.05) is 30.3 Å². The van der Waals surface area contributed by atoms with E-state index >= 15 is 0 Å². The van der Waals surface area contributed by atoms with Crippen LogP contribution in [-0.4, -0.2) is 11.0 Å². The maximum atomic E-state index is 11.7. The summed E-state index contributed by atoms with van der Waals surface area (Å²) in [5.74, 6) is 0.0511. The van der Waals surface area contributed by atoms with Gasteiger partial charge in [-0.05, 0) is 29.8 Å². The third-order valence-electron chi connectivity index (χ3n) is 2.30. The van der Waals surface area contributed by atoms with Crippen LogP contribution >= 0.6 is 0 Å². The van der Waals surface area contributed by atoms with Crippen LogP contribution in [0.4, 0.5) is 0 Å². The number of nitrogens with one attached hydrogen (secondary N) is 1. The average molecular weight is 226 g/mol. The third-order valence-corrected chi connectivity index (χ3v) is 2.30. The lowest BCUT2D eigenvalue weighted by Crippen LogP contribution is -2.20. The number of rotatable bonds is 3. The van der Waals surface area contributed by atoms with Crippen molar-refractivity contribution in [2.24, 2.45) is 0 Å². The summed E-state index contributed by atoms with van der Waals surface area (Å²) >= 11 is 0. The summed E-state index contributed by atoms with van der Waals surface area (Å²) in [5.41, 5.74) is 1.44. The van der Waals surface area contributed by atoms with Gasteiger partial charge in [0, 0.05) is 5.56 Å². The van der Waals surface area contributed by atoms with Gasteiger partial charge in [0.05, 0.1) is 6.54 Å². The molecule has 0 aliphatic carbocycles. The van der Waals surface area contributed by atoms with Crippen molar-refractivity contribution in [2.45, 2.75) is 0 Å². The van der Waals surface area contributed by atoms with Crippen molar-refractivity contribution >= 4 is 5.91 Å². The highest BCUT2D eigenvalue weighted by Crippen LogP contribution is 2.10. The van der Waals surface area contributed by atoms with Crippen LogP contribution in [0.5, 0.6) is 5.75 Å². The minimum absolute atomic E-state index is 0.154. The molecule has 3 heteroatoms.